The summed E-state index contributed by atoms with van der Waals surface area (Å²) in [5.74, 6) is -0.0693. The van der Waals surface area contributed by atoms with E-state index in [0.29, 0.717) is 12.1 Å². The maximum Gasteiger partial charge on any atom is 0.251 e. The Morgan fingerprint density at radius 2 is 1.87 bits per heavy atom. The summed E-state index contributed by atoms with van der Waals surface area (Å²) < 4.78 is 0. The number of carbonyl (C=O) groups is 1. The van der Waals surface area contributed by atoms with E-state index in [9.17, 15) is 4.79 Å². The van der Waals surface area contributed by atoms with Crippen LogP contribution in [0.4, 0.5) is 5.69 Å². The first-order valence-corrected chi connectivity index (χ1v) is 7.57. The number of aryl methyl sites for hydroxylation is 1. The molecule has 3 rings (SSSR count). The third-order valence-corrected chi connectivity index (χ3v) is 3.82. The van der Waals surface area contributed by atoms with Crippen LogP contribution in [-0.2, 0) is 6.54 Å². The number of amides is 1. The van der Waals surface area contributed by atoms with Crippen LogP contribution in [-0.4, -0.2) is 17.9 Å². The Kier molecular flexibility index (Phi) is 4.24. The minimum atomic E-state index is -0.0693. The van der Waals surface area contributed by atoms with Gasteiger partial charge in [-0.3, -0.25) is 9.78 Å². The fourth-order valence-electron chi connectivity index (χ4n) is 2.53. The molecule has 0 aliphatic carbocycles. The molecule has 3 aromatic rings. The fourth-order valence-corrected chi connectivity index (χ4v) is 2.53. The lowest BCUT2D eigenvalue weighted by molar-refractivity contribution is 0.0963. The number of pyridine rings is 1. The van der Waals surface area contributed by atoms with Crippen molar-refractivity contribution in [2.45, 2.75) is 13.5 Å². The highest BCUT2D eigenvalue weighted by molar-refractivity contribution is 5.94. The van der Waals surface area contributed by atoms with Gasteiger partial charge in [0, 0.05) is 36.4 Å². The number of hydrogen-bond acceptors (Lipinski definition) is 3. The van der Waals surface area contributed by atoms with E-state index in [1.165, 1.54) is 5.56 Å². The Hall–Kier alpha value is -2.88. The van der Waals surface area contributed by atoms with Crippen molar-refractivity contribution >= 4 is 22.5 Å². The molecular formula is C19H19N3O. The molecule has 0 spiro atoms. The summed E-state index contributed by atoms with van der Waals surface area (Å²) in [6.45, 7) is 2.77. The molecule has 2 aromatic carbocycles. The second kappa shape index (κ2) is 6.48. The van der Waals surface area contributed by atoms with Crippen LogP contribution < -0.4 is 10.6 Å². The molecule has 0 radical (unpaired) electrons. The smallest absolute Gasteiger partial charge is 0.251 e. The van der Waals surface area contributed by atoms with Crippen LogP contribution in [0.3, 0.4) is 0 Å². The minimum absolute atomic E-state index is 0.0693. The van der Waals surface area contributed by atoms with Crippen LogP contribution in [0.15, 0.2) is 54.7 Å². The van der Waals surface area contributed by atoms with Crippen molar-refractivity contribution < 1.29 is 4.79 Å². The summed E-state index contributed by atoms with van der Waals surface area (Å²) >= 11 is 0. The van der Waals surface area contributed by atoms with Gasteiger partial charge in [-0.2, -0.15) is 0 Å². The number of nitrogens with zero attached hydrogens (tertiary/aromatic N) is 1. The molecule has 0 saturated heterocycles. The summed E-state index contributed by atoms with van der Waals surface area (Å²) in [5, 5.41) is 7.20. The van der Waals surface area contributed by atoms with E-state index in [-0.39, 0.29) is 5.91 Å². The number of carbonyl (C=O) groups excluding carboxylic acids is 1. The predicted molar refractivity (Wildman–Crippen MR) is 93.6 cm³/mol. The van der Waals surface area contributed by atoms with Gasteiger partial charge < -0.3 is 10.6 Å². The molecule has 0 unspecified atom stereocenters. The molecule has 0 aliphatic rings. The largest absolute Gasteiger partial charge is 0.380 e. The van der Waals surface area contributed by atoms with Crippen molar-refractivity contribution in [1.29, 1.82) is 0 Å². The van der Waals surface area contributed by atoms with Crippen molar-refractivity contribution in [3.05, 3.63) is 71.4 Å². The first kappa shape index (κ1) is 15.0. The van der Waals surface area contributed by atoms with Crippen molar-refractivity contribution in [1.82, 2.24) is 10.3 Å². The maximum absolute atomic E-state index is 11.5. The molecule has 1 heterocycles. The van der Waals surface area contributed by atoms with Gasteiger partial charge in [-0.05, 0) is 42.8 Å². The van der Waals surface area contributed by atoms with Crippen molar-refractivity contribution in [2.75, 3.05) is 12.4 Å². The summed E-state index contributed by atoms with van der Waals surface area (Å²) in [4.78, 5) is 15.9. The zero-order chi connectivity index (χ0) is 16.2. The third-order valence-electron chi connectivity index (χ3n) is 3.82. The summed E-state index contributed by atoms with van der Waals surface area (Å²) in [6, 6.07) is 15.8. The second-order valence-electron chi connectivity index (χ2n) is 5.51. The Labute approximate surface area is 135 Å². The minimum Gasteiger partial charge on any atom is -0.380 e. The van der Waals surface area contributed by atoms with Crippen LogP contribution in [0.25, 0.3) is 10.9 Å². The number of anilines is 1. The van der Waals surface area contributed by atoms with Gasteiger partial charge >= 0.3 is 0 Å². The first-order chi connectivity index (χ1) is 11.2. The van der Waals surface area contributed by atoms with Gasteiger partial charge in [0.25, 0.3) is 5.91 Å². The molecule has 116 valence electrons. The first-order valence-electron chi connectivity index (χ1n) is 7.57. The quantitative estimate of drug-likeness (QED) is 0.775. The molecule has 4 heteroatoms. The van der Waals surface area contributed by atoms with Crippen molar-refractivity contribution in [2.24, 2.45) is 0 Å². The number of rotatable bonds is 4. The van der Waals surface area contributed by atoms with Gasteiger partial charge in [0.15, 0.2) is 0 Å². The zero-order valence-electron chi connectivity index (χ0n) is 13.3. The second-order valence-corrected chi connectivity index (χ2v) is 5.51. The van der Waals surface area contributed by atoms with Gasteiger partial charge in [0.2, 0.25) is 0 Å². The lowest BCUT2D eigenvalue weighted by Gasteiger charge is -2.10. The molecule has 1 amide bonds. The Bertz CT molecular complexity index is 841. The van der Waals surface area contributed by atoms with Gasteiger partial charge in [-0.25, -0.2) is 0 Å². The highest BCUT2D eigenvalue weighted by atomic mass is 16.1. The fraction of sp³-hybridized carbons (Fsp3) is 0.158. The summed E-state index contributed by atoms with van der Waals surface area (Å²) in [5.41, 5.74) is 5.05. The van der Waals surface area contributed by atoms with Crippen molar-refractivity contribution in [3.63, 3.8) is 0 Å². The Morgan fingerprint density at radius 3 is 2.61 bits per heavy atom. The van der Waals surface area contributed by atoms with Gasteiger partial charge in [0.1, 0.15) is 0 Å². The van der Waals surface area contributed by atoms with E-state index in [0.717, 1.165) is 22.2 Å². The zero-order valence-corrected chi connectivity index (χ0v) is 13.3. The Morgan fingerprint density at radius 1 is 1.09 bits per heavy atom. The normalized spacial score (nSPS) is 10.5. The molecular weight excluding hydrogens is 286 g/mol. The van der Waals surface area contributed by atoms with Crippen LogP contribution in [0.2, 0.25) is 0 Å². The highest BCUT2D eigenvalue weighted by Gasteiger charge is 2.04. The standard InChI is InChI=1S/C19H19N3O/c1-13-3-8-17-16(11-13)18(9-10-21-17)22-12-14-4-6-15(7-5-14)19(23)20-2/h3-11H,12H2,1-2H3,(H,20,23)(H,21,22). The van der Waals surface area contributed by atoms with Crippen molar-refractivity contribution in [3.8, 4) is 0 Å². The van der Waals surface area contributed by atoms with E-state index >= 15 is 0 Å². The van der Waals surface area contributed by atoms with E-state index < -0.39 is 0 Å². The molecule has 23 heavy (non-hydrogen) atoms. The SMILES string of the molecule is CNC(=O)c1ccc(CNc2ccnc3ccc(C)cc23)cc1. The summed E-state index contributed by atoms with van der Waals surface area (Å²) in [7, 11) is 1.63. The highest BCUT2D eigenvalue weighted by Crippen LogP contribution is 2.23. The molecule has 2 N–H and O–H groups in total. The lowest BCUT2D eigenvalue weighted by atomic mass is 10.1. The van der Waals surface area contributed by atoms with Crippen LogP contribution >= 0.6 is 0 Å². The van der Waals surface area contributed by atoms with E-state index in [1.807, 2.05) is 42.6 Å². The van der Waals surface area contributed by atoms with E-state index in [4.69, 9.17) is 0 Å². The lowest BCUT2D eigenvalue weighted by Crippen LogP contribution is -2.17. The average Bonchev–Trinajstić information content (AvgIpc) is 2.59. The van der Waals surface area contributed by atoms with Gasteiger partial charge in [-0.1, -0.05) is 23.8 Å². The number of aromatic nitrogens is 1. The van der Waals surface area contributed by atoms with E-state index in [2.05, 4.69) is 34.7 Å². The summed E-state index contributed by atoms with van der Waals surface area (Å²) in [6.07, 6.45) is 1.81. The number of hydrogen-bond donors (Lipinski definition) is 2. The van der Waals surface area contributed by atoms with Gasteiger partial charge in [0.05, 0.1) is 5.52 Å². The molecule has 0 aliphatic heterocycles. The van der Waals surface area contributed by atoms with Crippen LogP contribution in [0, 0.1) is 6.92 Å². The Balaban J connectivity index is 1.78. The van der Waals surface area contributed by atoms with Crippen LogP contribution in [0.1, 0.15) is 21.5 Å². The van der Waals surface area contributed by atoms with E-state index in [1.54, 1.807) is 7.05 Å². The monoisotopic (exact) mass is 305 g/mol. The molecule has 0 atom stereocenters. The molecule has 1 aromatic heterocycles. The molecule has 0 saturated carbocycles. The topological polar surface area (TPSA) is 54.0 Å². The van der Waals surface area contributed by atoms with Crippen LogP contribution in [0.5, 0.6) is 0 Å². The maximum atomic E-state index is 11.5. The number of nitrogens with one attached hydrogen (secondary N) is 2. The average molecular weight is 305 g/mol. The molecule has 0 bridgehead atoms. The number of benzene rings is 2. The molecule has 4 nitrogen and oxygen atoms in total. The third kappa shape index (κ3) is 3.31. The number of fused-ring (bicyclic) bond motifs is 1. The van der Waals surface area contributed by atoms with Gasteiger partial charge in [-0.15, -0.1) is 0 Å². The molecule has 0 fully saturated rings. The predicted octanol–water partition coefficient (Wildman–Crippen LogP) is 3.51.